The van der Waals surface area contributed by atoms with Gasteiger partial charge in [0.25, 0.3) is 5.71 Å². The van der Waals surface area contributed by atoms with Crippen LogP contribution < -0.4 is 0 Å². The number of esters is 2. The lowest BCUT2D eigenvalue weighted by Crippen LogP contribution is -2.23. The molecule has 1 saturated heterocycles. The maximum Gasteiger partial charge on any atom is 0.347 e. The highest BCUT2D eigenvalue weighted by Gasteiger charge is 2.32. The minimum absolute atomic E-state index is 0.197. The molecule has 8 heteroatoms. The fraction of sp³-hybridized carbons (Fsp3) is 0.250. The third-order valence-electron chi connectivity index (χ3n) is 3.75. The molecule has 3 aromatic heterocycles. The Labute approximate surface area is 135 Å². The van der Waals surface area contributed by atoms with Crippen LogP contribution in [0.1, 0.15) is 22.5 Å². The minimum Gasteiger partial charge on any atom is -0.463 e. The van der Waals surface area contributed by atoms with Crippen molar-refractivity contribution in [2.45, 2.75) is 19.4 Å². The van der Waals surface area contributed by atoms with Gasteiger partial charge in [0.1, 0.15) is 5.69 Å². The van der Waals surface area contributed by atoms with Crippen LogP contribution in [0.4, 0.5) is 0 Å². The van der Waals surface area contributed by atoms with E-state index in [1.165, 1.54) is 12.3 Å². The normalized spacial score (nSPS) is 17.2. The predicted molar refractivity (Wildman–Crippen MR) is 79.0 cm³/mol. The van der Waals surface area contributed by atoms with Crippen molar-refractivity contribution >= 4 is 23.0 Å². The number of rotatable bonds is 3. The molecule has 122 valence electrons. The molecule has 0 N–H and O–H groups in total. The molecular formula is C16H12N2O6. The Balaban J connectivity index is 1.79. The summed E-state index contributed by atoms with van der Waals surface area (Å²) in [5.41, 5.74) is 1.32. The van der Waals surface area contributed by atoms with Gasteiger partial charge in [0, 0.05) is 6.42 Å². The standard InChI is InChI=1S/C16H12N2O6/c1-8-13-9(15(19)23-12-4-6-22-16(12)20)7-10(11-3-2-5-21-11)17-14(13)24-18-8/h2-3,5,7,12H,4,6H2,1H3/t12-/m0/s1. The molecule has 0 aromatic carbocycles. The molecule has 0 unspecified atom stereocenters. The number of aryl methyl sites for hydroxylation is 1. The highest BCUT2D eigenvalue weighted by atomic mass is 16.6. The van der Waals surface area contributed by atoms with Gasteiger partial charge in [-0.2, -0.15) is 0 Å². The fourth-order valence-corrected chi connectivity index (χ4v) is 2.58. The maximum absolute atomic E-state index is 12.6. The molecule has 0 spiro atoms. The molecule has 0 radical (unpaired) electrons. The summed E-state index contributed by atoms with van der Waals surface area (Å²) in [4.78, 5) is 28.4. The molecule has 8 nitrogen and oxygen atoms in total. The smallest absolute Gasteiger partial charge is 0.347 e. The maximum atomic E-state index is 12.6. The van der Waals surface area contributed by atoms with E-state index in [2.05, 4.69) is 10.1 Å². The van der Waals surface area contributed by atoms with Crippen LogP contribution in [0.2, 0.25) is 0 Å². The number of pyridine rings is 1. The van der Waals surface area contributed by atoms with Gasteiger partial charge in [-0.3, -0.25) is 0 Å². The predicted octanol–water partition coefficient (Wildman–Crippen LogP) is 2.26. The molecule has 4 heterocycles. The summed E-state index contributed by atoms with van der Waals surface area (Å²) in [6, 6.07) is 4.95. The van der Waals surface area contributed by atoms with Gasteiger partial charge in [-0.1, -0.05) is 5.16 Å². The number of nitrogens with zero attached hydrogens (tertiary/aromatic N) is 2. The van der Waals surface area contributed by atoms with Gasteiger partial charge >= 0.3 is 11.9 Å². The first-order valence-corrected chi connectivity index (χ1v) is 7.32. The second-order valence-electron chi connectivity index (χ2n) is 5.33. The average Bonchev–Trinajstić information content (AvgIpc) is 3.30. The zero-order valence-corrected chi connectivity index (χ0v) is 12.6. The third kappa shape index (κ3) is 2.32. The first-order chi connectivity index (χ1) is 11.6. The molecule has 0 aliphatic carbocycles. The van der Waals surface area contributed by atoms with Crippen molar-refractivity contribution in [3.63, 3.8) is 0 Å². The largest absolute Gasteiger partial charge is 0.463 e. The Morgan fingerprint density at radius 1 is 1.42 bits per heavy atom. The van der Waals surface area contributed by atoms with Gasteiger partial charge in [0.2, 0.25) is 6.10 Å². The van der Waals surface area contributed by atoms with E-state index < -0.39 is 18.0 Å². The van der Waals surface area contributed by atoms with Gasteiger partial charge < -0.3 is 18.4 Å². The van der Waals surface area contributed by atoms with Crippen molar-refractivity contribution < 1.29 is 28.0 Å². The Morgan fingerprint density at radius 3 is 3.00 bits per heavy atom. The Morgan fingerprint density at radius 2 is 2.29 bits per heavy atom. The van der Waals surface area contributed by atoms with Crippen LogP contribution in [0, 0.1) is 6.92 Å². The van der Waals surface area contributed by atoms with E-state index in [4.69, 9.17) is 18.4 Å². The molecule has 1 aliphatic rings. The van der Waals surface area contributed by atoms with Crippen molar-refractivity contribution in [2.75, 3.05) is 6.61 Å². The van der Waals surface area contributed by atoms with Crippen LogP contribution >= 0.6 is 0 Å². The summed E-state index contributed by atoms with van der Waals surface area (Å²) in [7, 11) is 0. The zero-order valence-electron chi connectivity index (χ0n) is 12.6. The van der Waals surface area contributed by atoms with E-state index in [1.54, 1.807) is 19.1 Å². The van der Waals surface area contributed by atoms with E-state index in [0.29, 0.717) is 29.0 Å². The molecule has 1 aliphatic heterocycles. The second-order valence-corrected chi connectivity index (χ2v) is 5.33. The third-order valence-corrected chi connectivity index (χ3v) is 3.75. The monoisotopic (exact) mass is 328 g/mol. The Kier molecular flexibility index (Phi) is 3.30. The summed E-state index contributed by atoms with van der Waals surface area (Å²) in [6.07, 6.45) is 0.944. The first kappa shape index (κ1) is 14.4. The van der Waals surface area contributed by atoms with E-state index in [0.717, 1.165) is 0 Å². The van der Waals surface area contributed by atoms with Crippen LogP contribution in [0.3, 0.4) is 0 Å². The lowest BCUT2D eigenvalue weighted by molar-refractivity contribution is -0.145. The number of carbonyl (C=O) groups is 2. The lowest BCUT2D eigenvalue weighted by Gasteiger charge is -2.09. The Bertz CT molecular complexity index is 928. The average molecular weight is 328 g/mol. The number of carbonyl (C=O) groups excluding carboxylic acids is 2. The number of cyclic esters (lactones) is 1. The minimum atomic E-state index is -0.895. The number of furan rings is 1. The van der Waals surface area contributed by atoms with Gasteiger partial charge in [0.15, 0.2) is 5.76 Å². The molecule has 0 bridgehead atoms. The number of ether oxygens (including phenoxy) is 2. The number of aromatic nitrogens is 2. The van der Waals surface area contributed by atoms with Gasteiger partial charge in [-0.25, -0.2) is 14.6 Å². The van der Waals surface area contributed by atoms with Crippen molar-refractivity contribution in [2.24, 2.45) is 0 Å². The van der Waals surface area contributed by atoms with Gasteiger partial charge in [-0.15, -0.1) is 0 Å². The van der Waals surface area contributed by atoms with Gasteiger partial charge in [0.05, 0.1) is 29.5 Å². The molecule has 0 amide bonds. The van der Waals surface area contributed by atoms with Crippen LogP contribution in [0.25, 0.3) is 22.6 Å². The number of hydrogen-bond acceptors (Lipinski definition) is 8. The van der Waals surface area contributed by atoms with Crippen LogP contribution in [0.15, 0.2) is 33.4 Å². The van der Waals surface area contributed by atoms with E-state index >= 15 is 0 Å². The summed E-state index contributed by atoms with van der Waals surface area (Å²) in [5.74, 6) is -0.729. The Hall–Kier alpha value is -3.16. The zero-order chi connectivity index (χ0) is 16.7. The summed E-state index contributed by atoms with van der Waals surface area (Å²) >= 11 is 0. The van der Waals surface area contributed by atoms with Crippen molar-refractivity contribution in [1.82, 2.24) is 10.1 Å². The second kappa shape index (κ2) is 5.48. The number of hydrogen-bond donors (Lipinski definition) is 0. The quantitative estimate of drug-likeness (QED) is 0.674. The molecule has 4 rings (SSSR count). The first-order valence-electron chi connectivity index (χ1n) is 7.32. The van der Waals surface area contributed by atoms with Crippen molar-refractivity contribution in [3.05, 3.63) is 35.7 Å². The topological polar surface area (TPSA) is 105 Å². The molecule has 24 heavy (non-hydrogen) atoms. The summed E-state index contributed by atoms with van der Waals surface area (Å²) in [6.45, 7) is 1.94. The highest BCUT2D eigenvalue weighted by Crippen LogP contribution is 2.28. The lowest BCUT2D eigenvalue weighted by atomic mass is 10.1. The van der Waals surface area contributed by atoms with Crippen LogP contribution in [0.5, 0.6) is 0 Å². The van der Waals surface area contributed by atoms with E-state index in [-0.39, 0.29) is 17.9 Å². The molecule has 1 atom stereocenters. The van der Waals surface area contributed by atoms with E-state index in [9.17, 15) is 9.59 Å². The van der Waals surface area contributed by atoms with Crippen molar-refractivity contribution in [1.29, 1.82) is 0 Å². The number of fused-ring (bicyclic) bond motifs is 1. The van der Waals surface area contributed by atoms with Gasteiger partial charge in [-0.05, 0) is 25.1 Å². The van der Waals surface area contributed by atoms with Crippen LogP contribution in [-0.2, 0) is 14.3 Å². The summed E-state index contributed by atoms with van der Waals surface area (Å²) < 4.78 is 20.6. The molecule has 3 aromatic rings. The SMILES string of the molecule is Cc1noc2nc(-c3ccco3)cc(C(=O)O[C@H]3CCOC3=O)c12. The van der Waals surface area contributed by atoms with E-state index in [1.807, 2.05) is 0 Å². The fourth-order valence-electron chi connectivity index (χ4n) is 2.58. The summed E-state index contributed by atoms with van der Waals surface area (Å²) in [5, 5.41) is 4.29. The molecule has 1 fully saturated rings. The van der Waals surface area contributed by atoms with Crippen LogP contribution in [-0.4, -0.2) is 34.8 Å². The molecular weight excluding hydrogens is 316 g/mol. The molecule has 0 saturated carbocycles. The van der Waals surface area contributed by atoms with Crippen molar-refractivity contribution in [3.8, 4) is 11.5 Å². The highest BCUT2D eigenvalue weighted by molar-refractivity contribution is 6.04.